The monoisotopic (exact) mass is 228 g/mol. The van der Waals surface area contributed by atoms with Crippen LogP contribution in [-0.4, -0.2) is 30.8 Å². The molecule has 16 heavy (non-hydrogen) atoms. The third-order valence-electron chi connectivity index (χ3n) is 2.21. The van der Waals surface area contributed by atoms with Gasteiger partial charge in [-0.05, 0) is 5.56 Å². The molecule has 5 heteroatoms. The van der Waals surface area contributed by atoms with Crippen LogP contribution in [0.25, 0.3) is 0 Å². The lowest BCUT2D eigenvalue weighted by Gasteiger charge is -2.20. The van der Waals surface area contributed by atoms with E-state index in [0.29, 0.717) is 5.56 Å². The first kappa shape index (κ1) is 12.6. The number of benzene rings is 1. The van der Waals surface area contributed by atoms with Crippen LogP contribution in [0, 0.1) is 0 Å². The molecule has 1 atom stereocenters. The van der Waals surface area contributed by atoms with Gasteiger partial charge < -0.3 is 10.6 Å². The highest BCUT2D eigenvalue weighted by Crippen LogP contribution is 2.12. The fraction of sp³-hybridized carbons (Fsp3) is 0.364. The van der Waals surface area contributed by atoms with Crippen LogP contribution < -0.4 is 5.73 Å². The van der Waals surface area contributed by atoms with Crippen LogP contribution >= 0.6 is 0 Å². The highest BCUT2D eigenvalue weighted by Gasteiger charge is 2.21. The molecule has 1 rings (SSSR count). The van der Waals surface area contributed by atoms with Crippen molar-refractivity contribution in [2.75, 3.05) is 13.6 Å². The molecule has 88 valence electrons. The SMILES string of the molecule is CN(CC(F)F)C(=O)C(N)c1ccccc1. The predicted molar refractivity (Wildman–Crippen MR) is 57.0 cm³/mol. The highest BCUT2D eigenvalue weighted by molar-refractivity contribution is 5.82. The normalized spacial score (nSPS) is 12.6. The van der Waals surface area contributed by atoms with Crippen LogP contribution in [0.3, 0.4) is 0 Å². The molecule has 2 N–H and O–H groups in total. The average molecular weight is 228 g/mol. The Morgan fingerprint density at radius 1 is 1.38 bits per heavy atom. The molecule has 0 radical (unpaired) electrons. The number of hydrogen-bond acceptors (Lipinski definition) is 2. The molecule has 0 aliphatic rings. The standard InChI is InChI=1S/C11H14F2N2O/c1-15(7-9(12)13)11(16)10(14)8-5-3-2-4-6-8/h2-6,9-10H,7,14H2,1H3. The Morgan fingerprint density at radius 3 is 2.44 bits per heavy atom. The zero-order valence-corrected chi connectivity index (χ0v) is 8.94. The Morgan fingerprint density at radius 2 is 1.94 bits per heavy atom. The van der Waals surface area contributed by atoms with E-state index in [1.54, 1.807) is 30.3 Å². The van der Waals surface area contributed by atoms with Gasteiger partial charge >= 0.3 is 0 Å². The Bertz CT molecular complexity index is 343. The quantitative estimate of drug-likeness (QED) is 0.847. The number of carbonyl (C=O) groups is 1. The van der Waals surface area contributed by atoms with Crippen LogP contribution in [-0.2, 0) is 4.79 Å². The van der Waals surface area contributed by atoms with Crippen LogP contribution in [0.2, 0.25) is 0 Å². The summed E-state index contributed by atoms with van der Waals surface area (Å²) in [4.78, 5) is 12.6. The van der Waals surface area contributed by atoms with Gasteiger partial charge in [0.15, 0.2) is 0 Å². The number of carbonyl (C=O) groups excluding carboxylic acids is 1. The second-order valence-corrected chi connectivity index (χ2v) is 3.50. The number of likely N-dealkylation sites (N-methyl/N-ethyl adjacent to an activating group) is 1. The van der Waals surface area contributed by atoms with Gasteiger partial charge in [-0.25, -0.2) is 8.78 Å². The van der Waals surface area contributed by atoms with E-state index < -0.39 is 24.9 Å². The van der Waals surface area contributed by atoms with E-state index in [4.69, 9.17) is 5.73 Å². The number of halogens is 2. The van der Waals surface area contributed by atoms with Gasteiger partial charge in [0.05, 0.1) is 6.54 Å². The lowest BCUT2D eigenvalue weighted by molar-refractivity contribution is -0.133. The number of hydrogen-bond donors (Lipinski definition) is 1. The van der Waals surface area contributed by atoms with Crippen molar-refractivity contribution in [3.05, 3.63) is 35.9 Å². The first-order chi connectivity index (χ1) is 7.52. The van der Waals surface area contributed by atoms with E-state index in [1.165, 1.54) is 7.05 Å². The van der Waals surface area contributed by atoms with Gasteiger partial charge in [0.2, 0.25) is 5.91 Å². The van der Waals surface area contributed by atoms with Crippen molar-refractivity contribution in [2.45, 2.75) is 12.5 Å². The molecule has 1 amide bonds. The largest absolute Gasteiger partial charge is 0.338 e. The van der Waals surface area contributed by atoms with Gasteiger partial charge in [-0.3, -0.25) is 4.79 Å². The summed E-state index contributed by atoms with van der Waals surface area (Å²) in [7, 11) is 1.32. The smallest absolute Gasteiger partial charge is 0.255 e. The molecule has 1 unspecified atom stereocenters. The van der Waals surface area contributed by atoms with Gasteiger partial charge in [-0.1, -0.05) is 30.3 Å². The van der Waals surface area contributed by atoms with E-state index in [9.17, 15) is 13.6 Å². The predicted octanol–water partition coefficient (Wildman–Crippen LogP) is 1.41. The maximum Gasteiger partial charge on any atom is 0.255 e. The molecule has 0 saturated carbocycles. The van der Waals surface area contributed by atoms with Gasteiger partial charge in [0.1, 0.15) is 6.04 Å². The van der Waals surface area contributed by atoms with Crippen molar-refractivity contribution >= 4 is 5.91 Å². The summed E-state index contributed by atoms with van der Waals surface area (Å²) in [5.41, 5.74) is 6.30. The van der Waals surface area contributed by atoms with Crippen LogP contribution in [0.15, 0.2) is 30.3 Å². The van der Waals surface area contributed by atoms with Crippen molar-refractivity contribution in [3.63, 3.8) is 0 Å². The lowest BCUT2D eigenvalue weighted by Crippen LogP contribution is -2.38. The van der Waals surface area contributed by atoms with Gasteiger partial charge in [-0.2, -0.15) is 0 Å². The molecule has 0 aromatic heterocycles. The van der Waals surface area contributed by atoms with Crippen LogP contribution in [0.4, 0.5) is 8.78 Å². The number of rotatable bonds is 4. The molecule has 0 fully saturated rings. The molecule has 0 heterocycles. The zero-order valence-electron chi connectivity index (χ0n) is 8.94. The average Bonchev–Trinajstić information content (AvgIpc) is 2.27. The first-order valence-corrected chi connectivity index (χ1v) is 4.86. The topological polar surface area (TPSA) is 46.3 Å². The third-order valence-corrected chi connectivity index (χ3v) is 2.21. The summed E-state index contributed by atoms with van der Waals surface area (Å²) >= 11 is 0. The van der Waals surface area contributed by atoms with Gasteiger partial charge in [-0.15, -0.1) is 0 Å². The minimum atomic E-state index is -2.54. The summed E-state index contributed by atoms with van der Waals surface area (Å²) in [5.74, 6) is -0.508. The van der Waals surface area contributed by atoms with E-state index in [-0.39, 0.29) is 0 Å². The van der Waals surface area contributed by atoms with Crippen molar-refractivity contribution in [2.24, 2.45) is 5.73 Å². The van der Waals surface area contributed by atoms with E-state index in [1.807, 2.05) is 0 Å². The summed E-state index contributed by atoms with van der Waals surface area (Å²) in [6.07, 6.45) is -2.54. The fourth-order valence-electron chi connectivity index (χ4n) is 1.34. The molecule has 0 aliphatic heterocycles. The molecule has 3 nitrogen and oxygen atoms in total. The Labute approximate surface area is 92.8 Å². The fourth-order valence-corrected chi connectivity index (χ4v) is 1.34. The number of alkyl halides is 2. The third kappa shape index (κ3) is 3.27. The summed E-state index contributed by atoms with van der Waals surface area (Å²) in [6, 6.07) is 7.79. The first-order valence-electron chi connectivity index (χ1n) is 4.86. The van der Waals surface area contributed by atoms with Crippen LogP contribution in [0.1, 0.15) is 11.6 Å². The molecule has 1 aromatic carbocycles. The molecule has 1 aromatic rings. The molecule has 0 saturated heterocycles. The number of nitrogens with zero attached hydrogens (tertiary/aromatic N) is 1. The van der Waals surface area contributed by atoms with Crippen molar-refractivity contribution < 1.29 is 13.6 Å². The van der Waals surface area contributed by atoms with Gasteiger partial charge in [0, 0.05) is 7.05 Å². The van der Waals surface area contributed by atoms with Gasteiger partial charge in [0.25, 0.3) is 6.43 Å². The molecule has 0 spiro atoms. The Kier molecular flexibility index (Phi) is 4.37. The Balaban J connectivity index is 2.67. The second-order valence-electron chi connectivity index (χ2n) is 3.50. The highest BCUT2D eigenvalue weighted by atomic mass is 19.3. The van der Waals surface area contributed by atoms with E-state index in [2.05, 4.69) is 0 Å². The summed E-state index contributed by atoms with van der Waals surface area (Å²) < 4.78 is 24.2. The molecular weight excluding hydrogens is 214 g/mol. The number of nitrogens with two attached hydrogens (primary N) is 1. The van der Waals surface area contributed by atoms with E-state index in [0.717, 1.165) is 4.90 Å². The Hall–Kier alpha value is -1.49. The van der Waals surface area contributed by atoms with Crippen molar-refractivity contribution in [1.29, 1.82) is 0 Å². The summed E-state index contributed by atoms with van der Waals surface area (Å²) in [6.45, 7) is -0.598. The number of amides is 1. The molecule has 0 aliphatic carbocycles. The minimum Gasteiger partial charge on any atom is -0.338 e. The van der Waals surface area contributed by atoms with Crippen molar-refractivity contribution in [3.8, 4) is 0 Å². The van der Waals surface area contributed by atoms with Crippen molar-refractivity contribution in [1.82, 2.24) is 4.90 Å². The minimum absolute atomic E-state index is 0.508. The zero-order chi connectivity index (χ0) is 12.1. The maximum atomic E-state index is 12.1. The summed E-state index contributed by atoms with van der Waals surface area (Å²) in [5, 5.41) is 0. The lowest BCUT2D eigenvalue weighted by atomic mass is 10.1. The maximum absolute atomic E-state index is 12.1. The molecular formula is C11H14F2N2O. The molecule has 0 bridgehead atoms. The van der Waals surface area contributed by atoms with E-state index >= 15 is 0 Å². The second kappa shape index (κ2) is 5.55. The van der Waals surface area contributed by atoms with Crippen LogP contribution in [0.5, 0.6) is 0 Å².